The SMILES string of the molecule is Cl.NCCN(CCc1ccccc1)C(=O)c1cccc2c1OCCO2. The normalized spacial score (nSPS) is 12.2. The molecule has 0 aromatic heterocycles. The van der Waals surface area contributed by atoms with Crippen molar-refractivity contribution in [3.8, 4) is 11.5 Å². The van der Waals surface area contributed by atoms with Crippen molar-refractivity contribution in [2.24, 2.45) is 5.73 Å². The van der Waals surface area contributed by atoms with Gasteiger partial charge in [0.15, 0.2) is 11.5 Å². The molecular weight excluding hydrogens is 340 g/mol. The molecule has 1 amide bonds. The number of amides is 1. The first-order chi connectivity index (χ1) is 11.8. The van der Waals surface area contributed by atoms with E-state index in [9.17, 15) is 4.79 Å². The van der Waals surface area contributed by atoms with E-state index in [1.165, 1.54) is 5.56 Å². The third-order valence-electron chi connectivity index (χ3n) is 4.00. The van der Waals surface area contributed by atoms with Crippen LogP contribution in [0.25, 0.3) is 0 Å². The van der Waals surface area contributed by atoms with Crippen LogP contribution in [0.4, 0.5) is 0 Å². The van der Waals surface area contributed by atoms with Gasteiger partial charge in [0, 0.05) is 19.6 Å². The number of para-hydroxylation sites is 1. The van der Waals surface area contributed by atoms with E-state index in [4.69, 9.17) is 15.2 Å². The van der Waals surface area contributed by atoms with Crippen molar-refractivity contribution < 1.29 is 14.3 Å². The van der Waals surface area contributed by atoms with Gasteiger partial charge < -0.3 is 20.1 Å². The van der Waals surface area contributed by atoms with E-state index in [2.05, 4.69) is 12.1 Å². The van der Waals surface area contributed by atoms with Crippen LogP contribution in [-0.4, -0.2) is 43.7 Å². The quantitative estimate of drug-likeness (QED) is 0.857. The molecule has 1 aliphatic heterocycles. The Hall–Kier alpha value is -2.24. The predicted octanol–water partition coefficient (Wildman–Crippen LogP) is 2.52. The summed E-state index contributed by atoms with van der Waals surface area (Å²) in [4.78, 5) is 14.7. The minimum Gasteiger partial charge on any atom is -0.486 e. The van der Waals surface area contributed by atoms with Gasteiger partial charge in [-0.1, -0.05) is 36.4 Å². The molecule has 0 saturated carbocycles. The largest absolute Gasteiger partial charge is 0.486 e. The number of hydrogen-bond acceptors (Lipinski definition) is 4. The molecule has 2 aromatic carbocycles. The van der Waals surface area contributed by atoms with Gasteiger partial charge in [-0.25, -0.2) is 0 Å². The molecule has 0 aliphatic carbocycles. The number of hydrogen-bond donors (Lipinski definition) is 1. The molecule has 2 N–H and O–H groups in total. The summed E-state index contributed by atoms with van der Waals surface area (Å²) in [5.41, 5.74) is 7.43. The van der Waals surface area contributed by atoms with Gasteiger partial charge in [0.05, 0.1) is 5.56 Å². The van der Waals surface area contributed by atoms with Crippen LogP contribution in [0.2, 0.25) is 0 Å². The molecule has 0 bridgehead atoms. The van der Waals surface area contributed by atoms with Gasteiger partial charge in [0.1, 0.15) is 13.2 Å². The van der Waals surface area contributed by atoms with Crippen LogP contribution in [0.1, 0.15) is 15.9 Å². The van der Waals surface area contributed by atoms with E-state index in [1.54, 1.807) is 11.0 Å². The smallest absolute Gasteiger partial charge is 0.257 e. The number of nitrogens with zero attached hydrogens (tertiary/aromatic N) is 1. The third kappa shape index (κ3) is 4.65. The average molecular weight is 363 g/mol. The maximum Gasteiger partial charge on any atom is 0.257 e. The Kier molecular flexibility index (Phi) is 7.10. The fourth-order valence-electron chi connectivity index (χ4n) is 2.79. The average Bonchev–Trinajstić information content (AvgIpc) is 2.65. The Labute approximate surface area is 154 Å². The van der Waals surface area contributed by atoms with Gasteiger partial charge in [-0.05, 0) is 24.1 Å². The van der Waals surface area contributed by atoms with Crippen LogP contribution in [0.15, 0.2) is 48.5 Å². The molecule has 134 valence electrons. The molecule has 2 aromatic rings. The molecule has 0 fully saturated rings. The molecule has 0 radical (unpaired) electrons. The summed E-state index contributed by atoms with van der Waals surface area (Å²) >= 11 is 0. The van der Waals surface area contributed by atoms with E-state index in [-0.39, 0.29) is 18.3 Å². The molecule has 3 rings (SSSR count). The molecule has 6 heteroatoms. The molecule has 1 heterocycles. The number of carbonyl (C=O) groups is 1. The minimum atomic E-state index is -0.0706. The lowest BCUT2D eigenvalue weighted by Gasteiger charge is -2.25. The Balaban J connectivity index is 0.00000225. The monoisotopic (exact) mass is 362 g/mol. The molecule has 25 heavy (non-hydrogen) atoms. The maximum absolute atomic E-state index is 13.0. The van der Waals surface area contributed by atoms with Crippen molar-refractivity contribution in [1.82, 2.24) is 4.90 Å². The number of fused-ring (bicyclic) bond motifs is 1. The second-order valence-corrected chi connectivity index (χ2v) is 5.65. The summed E-state index contributed by atoms with van der Waals surface area (Å²) < 4.78 is 11.2. The first kappa shape index (κ1) is 19.1. The summed E-state index contributed by atoms with van der Waals surface area (Å²) in [5.74, 6) is 1.09. The molecule has 0 atom stereocenters. The Morgan fingerprint density at radius 2 is 1.76 bits per heavy atom. The van der Waals surface area contributed by atoms with Crippen molar-refractivity contribution in [1.29, 1.82) is 0 Å². The first-order valence-electron chi connectivity index (χ1n) is 8.21. The van der Waals surface area contributed by atoms with E-state index < -0.39 is 0 Å². The highest BCUT2D eigenvalue weighted by Crippen LogP contribution is 2.34. The van der Waals surface area contributed by atoms with Gasteiger partial charge in [-0.3, -0.25) is 4.79 Å². The molecule has 0 unspecified atom stereocenters. The summed E-state index contributed by atoms with van der Waals surface area (Å²) in [5, 5.41) is 0. The van der Waals surface area contributed by atoms with Crippen LogP contribution < -0.4 is 15.2 Å². The van der Waals surface area contributed by atoms with Crippen molar-refractivity contribution in [2.45, 2.75) is 6.42 Å². The lowest BCUT2D eigenvalue weighted by molar-refractivity contribution is 0.0751. The predicted molar refractivity (Wildman–Crippen MR) is 99.8 cm³/mol. The number of carbonyl (C=O) groups excluding carboxylic acids is 1. The van der Waals surface area contributed by atoms with Gasteiger partial charge in [0.2, 0.25) is 0 Å². The van der Waals surface area contributed by atoms with E-state index in [0.717, 1.165) is 6.42 Å². The standard InChI is InChI=1S/C19H22N2O3.ClH/c20-10-12-21(11-9-15-5-2-1-3-6-15)19(22)16-7-4-8-17-18(16)24-14-13-23-17;/h1-8H,9-14,20H2;1H. The second kappa shape index (κ2) is 9.30. The second-order valence-electron chi connectivity index (χ2n) is 5.65. The lowest BCUT2D eigenvalue weighted by Crippen LogP contribution is -2.37. The van der Waals surface area contributed by atoms with Crippen molar-refractivity contribution in [3.05, 3.63) is 59.7 Å². The molecule has 0 spiro atoms. The fourth-order valence-corrected chi connectivity index (χ4v) is 2.79. The highest BCUT2D eigenvalue weighted by atomic mass is 35.5. The third-order valence-corrected chi connectivity index (χ3v) is 4.00. The topological polar surface area (TPSA) is 64.8 Å². The number of ether oxygens (including phenoxy) is 2. The summed E-state index contributed by atoms with van der Waals surface area (Å²) in [6, 6.07) is 15.5. The Morgan fingerprint density at radius 3 is 2.52 bits per heavy atom. The van der Waals surface area contributed by atoms with Crippen LogP contribution in [-0.2, 0) is 6.42 Å². The first-order valence-corrected chi connectivity index (χ1v) is 8.21. The molecule has 1 aliphatic rings. The maximum atomic E-state index is 13.0. The van der Waals surface area contributed by atoms with Gasteiger partial charge in [0.25, 0.3) is 5.91 Å². The Morgan fingerprint density at radius 1 is 1.00 bits per heavy atom. The van der Waals surface area contributed by atoms with Gasteiger partial charge >= 0.3 is 0 Å². The molecule has 0 saturated heterocycles. The summed E-state index contributed by atoms with van der Waals surface area (Å²) in [6.07, 6.45) is 0.791. The molecular formula is C19H23ClN2O3. The van der Waals surface area contributed by atoms with E-state index >= 15 is 0 Å². The zero-order chi connectivity index (χ0) is 16.8. The van der Waals surface area contributed by atoms with E-state index in [0.29, 0.717) is 49.9 Å². The number of rotatable bonds is 6. The fraction of sp³-hybridized carbons (Fsp3) is 0.316. The zero-order valence-electron chi connectivity index (χ0n) is 14.0. The highest BCUT2D eigenvalue weighted by Gasteiger charge is 2.23. The summed E-state index contributed by atoms with van der Waals surface area (Å²) in [6.45, 7) is 2.51. The number of halogens is 1. The lowest BCUT2D eigenvalue weighted by atomic mass is 10.1. The van der Waals surface area contributed by atoms with Gasteiger partial charge in [-0.15, -0.1) is 12.4 Å². The Bertz CT molecular complexity index is 694. The van der Waals surface area contributed by atoms with Crippen LogP contribution in [0, 0.1) is 0 Å². The van der Waals surface area contributed by atoms with Crippen LogP contribution in [0.5, 0.6) is 11.5 Å². The zero-order valence-corrected chi connectivity index (χ0v) is 14.8. The minimum absolute atomic E-state index is 0. The van der Waals surface area contributed by atoms with Crippen LogP contribution in [0.3, 0.4) is 0 Å². The number of nitrogens with two attached hydrogens (primary N) is 1. The highest BCUT2D eigenvalue weighted by molar-refractivity contribution is 5.98. The number of benzene rings is 2. The summed E-state index contributed by atoms with van der Waals surface area (Å²) in [7, 11) is 0. The van der Waals surface area contributed by atoms with Crippen molar-refractivity contribution in [3.63, 3.8) is 0 Å². The molecule has 5 nitrogen and oxygen atoms in total. The van der Waals surface area contributed by atoms with Crippen molar-refractivity contribution >= 4 is 18.3 Å². The van der Waals surface area contributed by atoms with Crippen molar-refractivity contribution in [2.75, 3.05) is 32.8 Å². The van der Waals surface area contributed by atoms with Gasteiger partial charge in [-0.2, -0.15) is 0 Å². The van der Waals surface area contributed by atoms with E-state index in [1.807, 2.05) is 30.3 Å². The van der Waals surface area contributed by atoms with Crippen LogP contribution >= 0.6 is 12.4 Å².